The predicted molar refractivity (Wildman–Crippen MR) is 102 cm³/mol. The van der Waals surface area contributed by atoms with Crippen LogP contribution >= 0.6 is 0 Å². The number of aromatic nitrogens is 2. The van der Waals surface area contributed by atoms with Crippen LogP contribution in [-0.2, 0) is 26.0 Å². The van der Waals surface area contributed by atoms with Crippen molar-refractivity contribution in [3.63, 3.8) is 0 Å². The molecule has 0 saturated carbocycles. The highest BCUT2D eigenvalue weighted by atomic mass is 32.2. The van der Waals surface area contributed by atoms with Crippen LogP contribution in [0.2, 0.25) is 0 Å². The van der Waals surface area contributed by atoms with Crippen LogP contribution in [0.3, 0.4) is 0 Å². The molecule has 0 aliphatic carbocycles. The van der Waals surface area contributed by atoms with Crippen LogP contribution in [-0.4, -0.2) is 59.0 Å². The van der Waals surface area contributed by atoms with Crippen LogP contribution < -0.4 is 5.32 Å². The van der Waals surface area contributed by atoms with Crippen molar-refractivity contribution < 1.29 is 18.0 Å². The molecule has 2 aliphatic rings. The van der Waals surface area contributed by atoms with E-state index < -0.39 is 15.8 Å². The first-order chi connectivity index (χ1) is 13.4. The van der Waals surface area contributed by atoms with Gasteiger partial charge in [-0.1, -0.05) is 12.1 Å². The third-order valence-electron chi connectivity index (χ3n) is 5.35. The first kappa shape index (κ1) is 18.7. The zero-order valence-electron chi connectivity index (χ0n) is 15.3. The van der Waals surface area contributed by atoms with Crippen LogP contribution in [0.1, 0.15) is 18.4 Å². The molecular weight excluding hydrogens is 380 g/mol. The highest BCUT2D eigenvalue weighted by Gasteiger charge is 2.41. The molecule has 0 spiro atoms. The Hall–Kier alpha value is -2.68. The Morgan fingerprint density at radius 2 is 2.04 bits per heavy atom. The number of hydrogen-bond acceptors (Lipinski definition) is 5. The predicted octanol–water partition coefficient (Wildman–Crippen LogP) is 0.524. The van der Waals surface area contributed by atoms with E-state index in [9.17, 15) is 18.0 Å². The van der Waals surface area contributed by atoms with Gasteiger partial charge in [-0.2, -0.15) is 5.10 Å². The lowest BCUT2D eigenvalue weighted by Gasteiger charge is -2.22. The van der Waals surface area contributed by atoms with Crippen LogP contribution in [0.25, 0.3) is 5.69 Å². The Morgan fingerprint density at radius 1 is 1.25 bits per heavy atom. The van der Waals surface area contributed by atoms with E-state index in [1.165, 1.54) is 0 Å². The number of nitrogens with zero attached hydrogens (tertiary/aromatic N) is 3. The van der Waals surface area contributed by atoms with Crippen molar-refractivity contribution in [2.45, 2.75) is 25.4 Å². The molecule has 1 N–H and O–H groups in total. The molecule has 2 fully saturated rings. The molecular formula is C19H22N4O4S. The summed E-state index contributed by atoms with van der Waals surface area (Å²) in [7, 11) is -3.06. The lowest BCUT2D eigenvalue weighted by Crippen LogP contribution is -2.39. The van der Waals surface area contributed by atoms with Gasteiger partial charge in [-0.05, 0) is 30.2 Å². The molecule has 28 heavy (non-hydrogen) atoms. The molecule has 0 radical (unpaired) electrons. The summed E-state index contributed by atoms with van der Waals surface area (Å²) in [6, 6.07) is 9.26. The molecule has 0 bridgehead atoms. The number of carbonyl (C=O) groups is 2. The molecule has 1 aromatic heterocycles. The number of rotatable bonds is 5. The largest absolute Gasteiger partial charge is 0.352 e. The fraction of sp³-hybridized carbons (Fsp3) is 0.421. The summed E-state index contributed by atoms with van der Waals surface area (Å²) in [5.74, 6) is -0.611. The van der Waals surface area contributed by atoms with Crippen molar-refractivity contribution in [2.24, 2.45) is 5.92 Å². The number of carbonyl (C=O) groups excluding carboxylic acids is 2. The van der Waals surface area contributed by atoms with E-state index in [4.69, 9.17) is 0 Å². The van der Waals surface area contributed by atoms with Gasteiger partial charge in [0.2, 0.25) is 11.8 Å². The number of nitrogens with one attached hydrogen (secondary N) is 1. The molecule has 3 heterocycles. The maximum absolute atomic E-state index is 12.5. The Balaban J connectivity index is 1.31. The second-order valence-corrected chi connectivity index (χ2v) is 9.57. The van der Waals surface area contributed by atoms with E-state index in [0.717, 1.165) is 11.3 Å². The summed E-state index contributed by atoms with van der Waals surface area (Å²) in [6.45, 7) is 0.670. The second-order valence-electron chi connectivity index (χ2n) is 7.34. The summed E-state index contributed by atoms with van der Waals surface area (Å²) < 4.78 is 25.1. The van der Waals surface area contributed by atoms with Crippen LogP contribution in [0.5, 0.6) is 0 Å². The zero-order valence-corrected chi connectivity index (χ0v) is 16.1. The van der Waals surface area contributed by atoms with E-state index in [-0.39, 0.29) is 35.8 Å². The Bertz CT molecular complexity index is 970. The summed E-state index contributed by atoms with van der Waals surface area (Å²) in [5.41, 5.74) is 1.89. The van der Waals surface area contributed by atoms with Gasteiger partial charge in [-0.3, -0.25) is 9.59 Å². The van der Waals surface area contributed by atoms with Crippen molar-refractivity contribution in [1.29, 1.82) is 0 Å². The molecule has 4 rings (SSSR count). The van der Waals surface area contributed by atoms with Crippen LogP contribution in [0, 0.1) is 5.92 Å². The standard InChI is InChI=1S/C19H22N4O4S/c24-18-10-15(12-22(18)17-6-9-28(26,27)13-17)19(25)20-11-14-2-4-16(5-3-14)23-8-1-7-21-23/h1-5,7-8,15,17H,6,9-13H2,(H,20,25)/t15-,17-/m1/s1. The summed E-state index contributed by atoms with van der Waals surface area (Å²) in [5, 5.41) is 7.06. The molecule has 2 amide bonds. The van der Waals surface area contributed by atoms with Gasteiger partial charge in [0.15, 0.2) is 9.84 Å². The van der Waals surface area contributed by atoms with E-state index >= 15 is 0 Å². The number of sulfone groups is 1. The fourth-order valence-electron chi connectivity index (χ4n) is 3.80. The average molecular weight is 402 g/mol. The quantitative estimate of drug-likeness (QED) is 0.786. The second kappa shape index (κ2) is 7.38. The molecule has 2 atom stereocenters. The van der Waals surface area contributed by atoms with Crippen LogP contribution in [0.4, 0.5) is 0 Å². The third-order valence-corrected chi connectivity index (χ3v) is 7.10. The van der Waals surface area contributed by atoms with Crippen LogP contribution in [0.15, 0.2) is 42.7 Å². The molecule has 9 heteroatoms. The summed E-state index contributed by atoms with van der Waals surface area (Å²) >= 11 is 0. The van der Waals surface area contributed by atoms with Gasteiger partial charge in [0.25, 0.3) is 0 Å². The number of amides is 2. The van der Waals surface area contributed by atoms with Gasteiger partial charge in [0.05, 0.1) is 23.1 Å². The Kier molecular flexibility index (Phi) is 4.92. The number of hydrogen-bond donors (Lipinski definition) is 1. The normalized spacial score (nSPS) is 23.9. The summed E-state index contributed by atoms with van der Waals surface area (Å²) in [4.78, 5) is 26.3. The van der Waals surface area contributed by atoms with Crippen molar-refractivity contribution in [3.05, 3.63) is 48.3 Å². The van der Waals surface area contributed by atoms with E-state index in [1.54, 1.807) is 15.8 Å². The Morgan fingerprint density at radius 3 is 2.68 bits per heavy atom. The van der Waals surface area contributed by atoms with Crippen molar-refractivity contribution in [2.75, 3.05) is 18.1 Å². The molecule has 0 unspecified atom stereocenters. The minimum absolute atomic E-state index is 0.00960. The third kappa shape index (κ3) is 3.94. The molecule has 2 saturated heterocycles. The van der Waals surface area contributed by atoms with E-state index in [1.807, 2.05) is 36.5 Å². The maximum Gasteiger partial charge on any atom is 0.225 e. The van der Waals surface area contributed by atoms with E-state index in [2.05, 4.69) is 10.4 Å². The molecule has 1 aromatic carbocycles. The van der Waals surface area contributed by atoms with Crippen molar-refractivity contribution in [3.8, 4) is 5.69 Å². The molecule has 8 nitrogen and oxygen atoms in total. The van der Waals surface area contributed by atoms with Gasteiger partial charge >= 0.3 is 0 Å². The number of likely N-dealkylation sites (tertiary alicyclic amines) is 1. The first-order valence-corrected chi connectivity index (χ1v) is 11.1. The lowest BCUT2D eigenvalue weighted by atomic mass is 10.1. The smallest absolute Gasteiger partial charge is 0.225 e. The van der Waals surface area contributed by atoms with Gasteiger partial charge in [0.1, 0.15) is 0 Å². The maximum atomic E-state index is 12.5. The Labute approximate surface area is 163 Å². The monoisotopic (exact) mass is 402 g/mol. The van der Waals surface area contributed by atoms with E-state index in [0.29, 0.717) is 19.5 Å². The van der Waals surface area contributed by atoms with Crippen molar-refractivity contribution >= 4 is 21.7 Å². The summed E-state index contributed by atoms with van der Waals surface area (Å²) in [6.07, 6.45) is 4.17. The molecule has 148 valence electrons. The lowest BCUT2D eigenvalue weighted by molar-refractivity contribution is -0.130. The average Bonchev–Trinajstić information content (AvgIpc) is 3.40. The SMILES string of the molecule is O=C(NCc1ccc(-n2cccn2)cc1)[C@@H]1CC(=O)N([C@@H]2CCS(=O)(=O)C2)C1. The van der Waals surface area contributed by atoms with Gasteiger partial charge < -0.3 is 10.2 Å². The number of benzene rings is 1. The molecule has 2 aromatic rings. The highest BCUT2D eigenvalue weighted by molar-refractivity contribution is 7.91. The minimum Gasteiger partial charge on any atom is -0.352 e. The van der Waals surface area contributed by atoms with Gasteiger partial charge in [-0.15, -0.1) is 0 Å². The van der Waals surface area contributed by atoms with Crippen molar-refractivity contribution in [1.82, 2.24) is 20.0 Å². The zero-order chi connectivity index (χ0) is 19.7. The molecule has 2 aliphatic heterocycles. The van der Waals surface area contributed by atoms with Gasteiger partial charge in [0, 0.05) is 37.9 Å². The first-order valence-electron chi connectivity index (χ1n) is 9.28. The highest BCUT2D eigenvalue weighted by Crippen LogP contribution is 2.26. The fourth-order valence-corrected chi connectivity index (χ4v) is 5.53. The topological polar surface area (TPSA) is 101 Å². The minimum atomic E-state index is -3.06. The van der Waals surface area contributed by atoms with Gasteiger partial charge in [-0.25, -0.2) is 13.1 Å².